The van der Waals surface area contributed by atoms with E-state index in [1.54, 1.807) is 0 Å². The molecule has 1 atom stereocenters. The summed E-state index contributed by atoms with van der Waals surface area (Å²) < 4.78 is 0. The first-order valence-corrected chi connectivity index (χ1v) is 6.87. The lowest BCUT2D eigenvalue weighted by molar-refractivity contribution is 0.990. The number of nitrogens with zero attached hydrogens (tertiary/aromatic N) is 2. The largest absolute Gasteiger partial charge is 0.324 e. The topological polar surface area (TPSA) is 15.6 Å². The zero-order valence-corrected chi connectivity index (χ0v) is 11.0. The zero-order chi connectivity index (χ0) is 10.7. The Morgan fingerprint density at radius 3 is 2.80 bits per heavy atom. The van der Waals surface area contributed by atoms with Crippen molar-refractivity contribution in [3.63, 3.8) is 0 Å². The van der Waals surface area contributed by atoms with Gasteiger partial charge in [-0.2, -0.15) is 0 Å². The molecule has 1 aliphatic heterocycles. The summed E-state index contributed by atoms with van der Waals surface area (Å²) in [5.74, 6) is 0. The molecular weight excluding hydrogens is 272 g/mol. The number of para-hydroxylation sites is 1. The third-order valence-electron chi connectivity index (χ3n) is 2.30. The second-order valence-electron chi connectivity index (χ2n) is 3.41. The minimum atomic E-state index is 0.589. The van der Waals surface area contributed by atoms with E-state index in [1.807, 2.05) is 30.0 Å². The van der Waals surface area contributed by atoms with Crippen molar-refractivity contribution in [1.82, 2.24) is 0 Å². The third kappa shape index (κ3) is 2.55. The molecule has 0 spiro atoms. The summed E-state index contributed by atoms with van der Waals surface area (Å²) in [6.07, 6.45) is 0. The smallest absolute Gasteiger partial charge is 0.163 e. The summed E-state index contributed by atoms with van der Waals surface area (Å²) in [5.41, 5.74) is 1.19. The van der Waals surface area contributed by atoms with Crippen molar-refractivity contribution in [2.45, 2.75) is 5.25 Å². The second kappa shape index (κ2) is 5.03. The van der Waals surface area contributed by atoms with E-state index in [9.17, 15) is 0 Å². The molecular formula is C11H13BrN2S. The SMILES string of the molecule is CN(C1=NCC(CBr)S1)c1ccccc1. The molecule has 15 heavy (non-hydrogen) atoms. The second-order valence-corrected chi connectivity index (χ2v) is 5.33. The lowest BCUT2D eigenvalue weighted by Gasteiger charge is -2.18. The van der Waals surface area contributed by atoms with Gasteiger partial charge in [-0.15, -0.1) is 0 Å². The van der Waals surface area contributed by atoms with Crippen LogP contribution in [-0.2, 0) is 0 Å². The van der Waals surface area contributed by atoms with Crippen LogP contribution in [-0.4, -0.2) is 29.3 Å². The van der Waals surface area contributed by atoms with E-state index in [4.69, 9.17) is 0 Å². The van der Waals surface area contributed by atoms with Gasteiger partial charge in [0.25, 0.3) is 0 Å². The molecule has 1 aromatic carbocycles. The molecule has 0 radical (unpaired) electrons. The quantitative estimate of drug-likeness (QED) is 0.776. The van der Waals surface area contributed by atoms with Crippen LogP contribution in [0.4, 0.5) is 5.69 Å². The van der Waals surface area contributed by atoms with Gasteiger partial charge < -0.3 is 4.90 Å². The van der Waals surface area contributed by atoms with Gasteiger partial charge in [0, 0.05) is 23.3 Å². The minimum absolute atomic E-state index is 0.589. The number of anilines is 1. The van der Waals surface area contributed by atoms with Crippen LogP contribution in [0.5, 0.6) is 0 Å². The van der Waals surface area contributed by atoms with Gasteiger partial charge in [-0.1, -0.05) is 45.9 Å². The van der Waals surface area contributed by atoms with Gasteiger partial charge in [0.1, 0.15) is 0 Å². The summed E-state index contributed by atoms with van der Waals surface area (Å²) in [5, 5.41) is 2.71. The number of hydrogen-bond acceptors (Lipinski definition) is 3. The van der Waals surface area contributed by atoms with Crippen molar-refractivity contribution < 1.29 is 0 Å². The lowest BCUT2D eigenvalue weighted by atomic mass is 10.3. The average Bonchev–Trinajstić information content (AvgIpc) is 2.78. The maximum Gasteiger partial charge on any atom is 0.163 e. The van der Waals surface area contributed by atoms with Crippen molar-refractivity contribution in [3.8, 4) is 0 Å². The first-order valence-electron chi connectivity index (χ1n) is 4.87. The van der Waals surface area contributed by atoms with E-state index in [0.29, 0.717) is 5.25 Å². The highest BCUT2D eigenvalue weighted by Crippen LogP contribution is 2.26. The molecule has 0 N–H and O–H groups in total. The Kier molecular flexibility index (Phi) is 3.70. The number of benzene rings is 1. The maximum atomic E-state index is 4.54. The van der Waals surface area contributed by atoms with Gasteiger partial charge in [0.2, 0.25) is 0 Å². The molecule has 0 bridgehead atoms. The number of rotatable bonds is 2. The molecule has 0 fully saturated rings. The van der Waals surface area contributed by atoms with Crippen molar-refractivity contribution in [2.75, 3.05) is 23.8 Å². The molecule has 4 heteroatoms. The van der Waals surface area contributed by atoms with E-state index in [2.05, 4.69) is 45.0 Å². The Balaban J connectivity index is 2.07. The zero-order valence-electron chi connectivity index (χ0n) is 8.56. The predicted octanol–water partition coefficient (Wildman–Crippen LogP) is 2.99. The van der Waals surface area contributed by atoms with Gasteiger partial charge >= 0.3 is 0 Å². The van der Waals surface area contributed by atoms with E-state index in [1.165, 1.54) is 5.69 Å². The number of amidine groups is 1. The van der Waals surface area contributed by atoms with Gasteiger partial charge in [0.05, 0.1) is 6.54 Å². The normalized spacial score (nSPS) is 20.1. The van der Waals surface area contributed by atoms with Gasteiger partial charge in [-0.05, 0) is 12.1 Å². The summed E-state index contributed by atoms with van der Waals surface area (Å²) in [7, 11) is 2.07. The molecule has 80 valence electrons. The van der Waals surface area contributed by atoms with Crippen molar-refractivity contribution in [2.24, 2.45) is 4.99 Å². The fourth-order valence-electron chi connectivity index (χ4n) is 1.43. The van der Waals surface area contributed by atoms with E-state index in [-0.39, 0.29) is 0 Å². The number of alkyl halides is 1. The first-order chi connectivity index (χ1) is 7.31. The Morgan fingerprint density at radius 2 is 2.20 bits per heavy atom. The van der Waals surface area contributed by atoms with Crippen molar-refractivity contribution in [1.29, 1.82) is 0 Å². The summed E-state index contributed by atoms with van der Waals surface area (Å²) in [4.78, 5) is 6.69. The maximum absolute atomic E-state index is 4.54. The Labute approximate surface area is 103 Å². The van der Waals surface area contributed by atoms with Crippen LogP contribution in [0.25, 0.3) is 0 Å². The molecule has 0 aromatic heterocycles. The highest BCUT2D eigenvalue weighted by molar-refractivity contribution is 9.09. The van der Waals surface area contributed by atoms with Gasteiger partial charge in [0.15, 0.2) is 5.17 Å². The molecule has 0 amide bonds. The molecule has 1 heterocycles. The van der Waals surface area contributed by atoms with Crippen LogP contribution in [0, 0.1) is 0 Å². The first kappa shape index (κ1) is 11.0. The average molecular weight is 285 g/mol. The standard InChI is InChI=1S/C11H13BrN2S/c1-14(9-5-3-2-4-6-9)11-13-8-10(7-12)15-11/h2-6,10H,7-8H2,1H3. The van der Waals surface area contributed by atoms with Gasteiger partial charge in [-0.25, -0.2) is 0 Å². The Hall–Kier alpha value is -0.480. The highest BCUT2D eigenvalue weighted by Gasteiger charge is 2.21. The van der Waals surface area contributed by atoms with Crippen LogP contribution in [0.15, 0.2) is 35.3 Å². The van der Waals surface area contributed by atoms with Gasteiger partial charge in [-0.3, -0.25) is 4.99 Å². The molecule has 1 aromatic rings. The van der Waals surface area contributed by atoms with Crippen molar-refractivity contribution >= 4 is 38.5 Å². The van der Waals surface area contributed by atoms with E-state index >= 15 is 0 Å². The summed E-state index contributed by atoms with van der Waals surface area (Å²) >= 11 is 5.34. The summed E-state index contributed by atoms with van der Waals surface area (Å²) in [6, 6.07) is 10.3. The molecule has 0 aliphatic carbocycles. The molecule has 2 rings (SSSR count). The Bertz CT molecular complexity index is 353. The lowest BCUT2D eigenvalue weighted by Crippen LogP contribution is -2.22. The number of halogens is 1. The molecule has 1 aliphatic rings. The molecule has 0 saturated carbocycles. The van der Waals surface area contributed by atoms with Crippen LogP contribution in [0.3, 0.4) is 0 Å². The van der Waals surface area contributed by atoms with E-state index < -0.39 is 0 Å². The number of thioether (sulfide) groups is 1. The number of aliphatic imine (C=N–C) groups is 1. The van der Waals surface area contributed by atoms with Crippen LogP contribution in [0.2, 0.25) is 0 Å². The van der Waals surface area contributed by atoms with Crippen LogP contribution < -0.4 is 4.90 Å². The minimum Gasteiger partial charge on any atom is -0.324 e. The monoisotopic (exact) mass is 284 g/mol. The predicted molar refractivity (Wildman–Crippen MR) is 72.3 cm³/mol. The summed E-state index contributed by atoms with van der Waals surface area (Å²) in [6.45, 7) is 0.919. The van der Waals surface area contributed by atoms with Crippen LogP contribution >= 0.6 is 27.7 Å². The molecule has 2 nitrogen and oxygen atoms in total. The highest BCUT2D eigenvalue weighted by atomic mass is 79.9. The molecule has 0 saturated heterocycles. The fraction of sp³-hybridized carbons (Fsp3) is 0.364. The number of hydrogen-bond donors (Lipinski definition) is 0. The van der Waals surface area contributed by atoms with Crippen LogP contribution in [0.1, 0.15) is 0 Å². The Morgan fingerprint density at radius 1 is 1.47 bits per heavy atom. The third-order valence-corrected chi connectivity index (χ3v) is 4.78. The molecule has 1 unspecified atom stereocenters. The van der Waals surface area contributed by atoms with E-state index in [0.717, 1.165) is 17.0 Å². The van der Waals surface area contributed by atoms with Crippen molar-refractivity contribution in [3.05, 3.63) is 30.3 Å². The fourth-order valence-corrected chi connectivity index (χ4v) is 2.96.